The average Bonchev–Trinajstić information content (AvgIpc) is 2.72. The fraction of sp³-hybridized carbons (Fsp3) is 0.381. The van der Waals surface area contributed by atoms with E-state index in [0.717, 1.165) is 16.9 Å². The molecule has 0 aliphatic carbocycles. The summed E-state index contributed by atoms with van der Waals surface area (Å²) in [5.74, 6) is 1.45. The van der Waals surface area contributed by atoms with Crippen LogP contribution in [0.25, 0.3) is 0 Å². The second kappa shape index (κ2) is 11.4. The Bertz CT molecular complexity index is 869. The van der Waals surface area contributed by atoms with Gasteiger partial charge in [-0.3, -0.25) is 4.99 Å². The molecule has 158 valence electrons. The zero-order valence-electron chi connectivity index (χ0n) is 17.3. The third kappa shape index (κ3) is 8.13. The van der Waals surface area contributed by atoms with Crippen molar-refractivity contribution in [3.63, 3.8) is 0 Å². The molecule has 0 unspecified atom stereocenters. The van der Waals surface area contributed by atoms with Gasteiger partial charge in [-0.1, -0.05) is 42.5 Å². The van der Waals surface area contributed by atoms with Crippen LogP contribution in [0.2, 0.25) is 0 Å². The van der Waals surface area contributed by atoms with Crippen LogP contribution >= 0.6 is 0 Å². The van der Waals surface area contributed by atoms with Gasteiger partial charge in [-0.25, -0.2) is 13.1 Å². The van der Waals surface area contributed by atoms with Gasteiger partial charge in [-0.05, 0) is 30.2 Å². The maximum absolute atomic E-state index is 12.2. The van der Waals surface area contributed by atoms with Crippen molar-refractivity contribution in [2.45, 2.75) is 20.0 Å². The Morgan fingerprint density at radius 3 is 2.38 bits per heavy atom. The zero-order valence-corrected chi connectivity index (χ0v) is 18.1. The molecule has 0 heterocycles. The van der Waals surface area contributed by atoms with Crippen LogP contribution in [0.3, 0.4) is 0 Å². The van der Waals surface area contributed by atoms with Crippen LogP contribution < -0.4 is 14.8 Å². The Kier molecular flexibility index (Phi) is 8.95. The summed E-state index contributed by atoms with van der Waals surface area (Å²) in [6.45, 7) is 3.79. The standard InChI is InChI=1S/C21H30N4O3S/c1-4-28-20-12-10-19(11-13-20)17-25(3)21(22-2)23-14-15-29(26,27)24-16-18-8-6-5-7-9-18/h5-13,24H,4,14-17H2,1-3H3,(H,22,23). The van der Waals surface area contributed by atoms with Crippen LogP contribution in [-0.2, 0) is 23.1 Å². The fourth-order valence-corrected chi connectivity index (χ4v) is 3.65. The Hall–Kier alpha value is -2.58. The van der Waals surface area contributed by atoms with E-state index in [2.05, 4.69) is 15.0 Å². The summed E-state index contributed by atoms with van der Waals surface area (Å²) in [5.41, 5.74) is 2.03. The number of ether oxygens (including phenoxy) is 1. The molecule has 8 heteroatoms. The van der Waals surface area contributed by atoms with Gasteiger partial charge in [0.1, 0.15) is 5.75 Å². The summed E-state index contributed by atoms with van der Waals surface area (Å²) in [6, 6.07) is 17.3. The molecular formula is C21H30N4O3S. The second-order valence-corrected chi connectivity index (χ2v) is 8.46. The third-order valence-electron chi connectivity index (χ3n) is 4.22. The van der Waals surface area contributed by atoms with Crippen molar-refractivity contribution in [1.82, 2.24) is 14.9 Å². The number of hydrogen-bond acceptors (Lipinski definition) is 4. The smallest absolute Gasteiger partial charge is 0.213 e. The summed E-state index contributed by atoms with van der Waals surface area (Å²) in [5, 5.41) is 3.11. The Morgan fingerprint density at radius 1 is 1.07 bits per heavy atom. The van der Waals surface area contributed by atoms with Crippen molar-refractivity contribution in [3.05, 3.63) is 65.7 Å². The van der Waals surface area contributed by atoms with Gasteiger partial charge in [0.25, 0.3) is 0 Å². The van der Waals surface area contributed by atoms with Crippen LogP contribution in [0.5, 0.6) is 5.75 Å². The normalized spacial score (nSPS) is 11.9. The summed E-state index contributed by atoms with van der Waals surface area (Å²) < 4.78 is 32.5. The van der Waals surface area contributed by atoms with E-state index in [1.54, 1.807) is 7.05 Å². The maximum Gasteiger partial charge on any atom is 0.213 e. The first-order valence-electron chi connectivity index (χ1n) is 9.58. The summed E-state index contributed by atoms with van der Waals surface area (Å²) >= 11 is 0. The Morgan fingerprint density at radius 2 is 1.76 bits per heavy atom. The second-order valence-electron chi connectivity index (χ2n) is 6.53. The topological polar surface area (TPSA) is 83.0 Å². The first-order chi connectivity index (χ1) is 13.9. The van der Waals surface area contributed by atoms with Crippen LogP contribution in [0.4, 0.5) is 0 Å². The number of nitrogens with zero attached hydrogens (tertiary/aromatic N) is 2. The fourth-order valence-electron chi connectivity index (χ4n) is 2.75. The van der Waals surface area contributed by atoms with Crippen LogP contribution in [0.1, 0.15) is 18.1 Å². The van der Waals surface area contributed by atoms with Gasteiger partial charge in [-0.2, -0.15) is 0 Å². The van der Waals surface area contributed by atoms with Crippen molar-refractivity contribution in [3.8, 4) is 5.75 Å². The summed E-state index contributed by atoms with van der Waals surface area (Å²) in [4.78, 5) is 6.18. The number of benzene rings is 2. The Balaban J connectivity index is 1.79. The molecule has 0 aromatic heterocycles. The number of sulfonamides is 1. The minimum atomic E-state index is -3.38. The van der Waals surface area contributed by atoms with Crippen LogP contribution in [-0.4, -0.2) is 52.3 Å². The van der Waals surface area contributed by atoms with Crippen LogP contribution in [0.15, 0.2) is 59.6 Å². The molecule has 0 radical (unpaired) electrons. The molecule has 29 heavy (non-hydrogen) atoms. The van der Waals surface area contributed by atoms with Crippen molar-refractivity contribution in [1.29, 1.82) is 0 Å². The van der Waals surface area contributed by atoms with Crippen molar-refractivity contribution in [2.24, 2.45) is 4.99 Å². The highest BCUT2D eigenvalue weighted by molar-refractivity contribution is 7.89. The molecule has 2 aromatic carbocycles. The van der Waals surface area contributed by atoms with E-state index >= 15 is 0 Å². The monoisotopic (exact) mass is 418 g/mol. The lowest BCUT2D eigenvalue weighted by molar-refractivity contribution is 0.340. The van der Waals surface area contributed by atoms with E-state index in [-0.39, 0.29) is 18.8 Å². The number of nitrogens with one attached hydrogen (secondary N) is 2. The van der Waals surface area contributed by atoms with Crippen molar-refractivity contribution < 1.29 is 13.2 Å². The molecule has 0 aliphatic heterocycles. The van der Waals surface area contributed by atoms with Gasteiger partial charge >= 0.3 is 0 Å². The predicted octanol–water partition coefficient (Wildman–Crippen LogP) is 2.21. The van der Waals surface area contributed by atoms with Gasteiger partial charge in [0.05, 0.1) is 12.4 Å². The lowest BCUT2D eigenvalue weighted by atomic mass is 10.2. The van der Waals surface area contributed by atoms with E-state index in [1.165, 1.54) is 0 Å². The molecule has 2 N–H and O–H groups in total. The SMILES string of the molecule is CCOc1ccc(CN(C)C(=NC)NCCS(=O)(=O)NCc2ccccc2)cc1. The number of rotatable bonds is 10. The molecule has 0 saturated carbocycles. The highest BCUT2D eigenvalue weighted by Gasteiger charge is 2.12. The first kappa shape index (κ1) is 22.7. The zero-order chi connectivity index (χ0) is 21.1. The predicted molar refractivity (Wildman–Crippen MR) is 118 cm³/mol. The number of hydrogen-bond donors (Lipinski definition) is 2. The molecule has 0 spiro atoms. The Labute approximate surface area is 173 Å². The lowest BCUT2D eigenvalue weighted by Gasteiger charge is -2.22. The molecule has 7 nitrogen and oxygen atoms in total. The van der Waals surface area contributed by atoms with E-state index in [9.17, 15) is 8.42 Å². The molecule has 2 aromatic rings. The van der Waals surface area contributed by atoms with E-state index < -0.39 is 10.0 Å². The summed E-state index contributed by atoms with van der Waals surface area (Å²) in [7, 11) is 0.212. The van der Waals surface area contributed by atoms with Gasteiger partial charge in [-0.15, -0.1) is 0 Å². The van der Waals surface area contributed by atoms with Crippen molar-refractivity contribution in [2.75, 3.05) is 33.0 Å². The van der Waals surface area contributed by atoms with E-state index in [4.69, 9.17) is 4.74 Å². The van der Waals surface area contributed by atoms with Gasteiger partial charge in [0, 0.05) is 33.7 Å². The molecule has 0 fully saturated rings. The number of guanidine groups is 1. The number of aliphatic imine (C=N–C) groups is 1. The maximum atomic E-state index is 12.2. The molecular weight excluding hydrogens is 388 g/mol. The molecule has 0 atom stereocenters. The first-order valence-corrected chi connectivity index (χ1v) is 11.2. The minimum Gasteiger partial charge on any atom is -0.494 e. The third-order valence-corrected chi connectivity index (χ3v) is 5.55. The summed E-state index contributed by atoms with van der Waals surface area (Å²) in [6.07, 6.45) is 0. The highest BCUT2D eigenvalue weighted by Crippen LogP contribution is 2.13. The molecule has 0 saturated heterocycles. The van der Waals surface area contributed by atoms with E-state index in [1.807, 2.05) is 73.5 Å². The lowest BCUT2D eigenvalue weighted by Crippen LogP contribution is -2.41. The average molecular weight is 419 g/mol. The largest absolute Gasteiger partial charge is 0.494 e. The molecule has 0 aliphatic rings. The van der Waals surface area contributed by atoms with Crippen molar-refractivity contribution >= 4 is 16.0 Å². The van der Waals surface area contributed by atoms with Gasteiger partial charge < -0.3 is 15.0 Å². The molecule has 0 bridgehead atoms. The highest BCUT2D eigenvalue weighted by atomic mass is 32.2. The van der Waals surface area contributed by atoms with Gasteiger partial charge in [0.15, 0.2) is 5.96 Å². The molecule has 0 amide bonds. The van der Waals surface area contributed by atoms with E-state index in [0.29, 0.717) is 19.1 Å². The molecule has 2 rings (SSSR count). The van der Waals surface area contributed by atoms with Crippen LogP contribution in [0, 0.1) is 0 Å². The van der Waals surface area contributed by atoms with Gasteiger partial charge in [0.2, 0.25) is 10.0 Å². The quantitative estimate of drug-likeness (QED) is 0.457. The minimum absolute atomic E-state index is 0.0320.